The highest BCUT2D eigenvalue weighted by Gasteiger charge is 2.20. The van der Waals surface area contributed by atoms with Crippen LogP contribution in [0.4, 0.5) is 0 Å². The van der Waals surface area contributed by atoms with Crippen LogP contribution in [-0.2, 0) is 0 Å². The summed E-state index contributed by atoms with van der Waals surface area (Å²) in [7, 11) is 0. The molecule has 0 bridgehead atoms. The average molecular weight is 224 g/mol. The van der Waals surface area contributed by atoms with Crippen molar-refractivity contribution in [1.29, 1.82) is 0 Å². The fraction of sp³-hybridized carbons (Fsp3) is 0. The molecule has 0 saturated carbocycles. The topological polar surface area (TPSA) is 132 Å². The molecular formula is C8H8N4O4. The highest BCUT2D eigenvalue weighted by molar-refractivity contribution is 5.98. The number of carbonyl (C=O) groups is 2. The van der Waals surface area contributed by atoms with Crippen LogP contribution in [0.25, 0.3) is 0 Å². The van der Waals surface area contributed by atoms with Crippen LogP contribution < -0.4 is 0 Å². The second kappa shape index (κ2) is 5.29. The van der Waals surface area contributed by atoms with Crippen molar-refractivity contribution in [2.45, 2.75) is 0 Å². The van der Waals surface area contributed by atoms with Gasteiger partial charge >= 0.3 is 11.9 Å². The molecule has 0 aliphatic heterocycles. The van der Waals surface area contributed by atoms with Crippen molar-refractivity contribution in [1.82, 2.24) is 20.4 Å². The molecular weight excluding hydrogens is 216 g/mol. The lowest BCUT2D eigenvalue weighted by molar-refractivity contribution is 0.0644. The van der Waals surface area contributed by atoms with E-state index < -0.39 is 23.3 Å². The molecule has 0 atom stereocenters. The van der Waals surface area contributed by atoms with E-state index in [-0.39, 0.29) is 0 Å². The predicted molar refractivity (Wildman–Crippen MR) is 51.1 cm³/mol. The Hall–Kier alpha value is -2.64. The minimum atomic E-state index is -1.42. The van der Waals surface area contributed by atoms with Crippen molar-refractivity contribution >= 4 is 11.9 Å². The number of hydrogen-bond acceptors (Lipinski definition) is 4. The van der Waals surface area contributed by atoms with E-state index in [4.69, 9.17) is 10.2 Å². The smallest absolute Gasteiger partial charge is 0.359 e. The third-order valence-corrected chi connectivity index (χ3v) is 1.45. The number of carboxylic acids is 2. The monoisotopic (exact) mass is 224 g/mol. The fourth-order valence-electron chi connectivity index (χ4n) is 0.807. The summed E-state index contributed by atoms with van der Waals surface area (Å²) in [4.78, 5) is 23.3. The number of aromatic nitrogens is 4. The molecule has 4 N–H and O–H groups in total. The zero-order valence-corrected chi connectivity index (χ0v) is 7.91. The van der Waals surface area contributed by atoms with Crippen molar-refractivity contribution < 1.29 is 19.8 Å². The molecule has 16 heavy (non-hydrogen) atoms. The Kier molecular flexibility index (Phi) is 3.78. The third-order valence-electron chi connectivity index (χ3n) is 1.45. The molecule has 84 valence electrons. The van der Waals surface area contributed by atoms with E-state index in [1.54, 1.807) is 0 Å². The van der Waals surface area contributed by atoms with Gasteiger partial charge in [0.1, 0.15) is 0 Å². The van der Waals surface area contributed by atoms with Gasteiger partial charge in [-0.05, 0) is 12.1 Å². The summed E-state index contributed by atoms with van der Waals surface area (Å²) in [6, 6.07) is 3.89. The molecule has 2 aromatic heterocycles. The quantitative estimate of drug-likeness (QED) is 0.576. The van der Waals surface area contributed by atoms with Crippen LogP contribution in [-0.4, -0.2) is 42.5 Å². The van der Waals surface area contributed by atoms with Gasteiger partial charge in [-0.3, -0.25) is 0 Å². The Balaban J connectivity index is 0.000000212. The van der Waals surface area contributed by atoms with Crippen molar-refractivity contribution in [3.05, 3.63) is 35.9 Å². The van der Waals surface area contributed by atoms with E-state index in [1.807, 2.05) is 29.7 Å². The van der Waals surface area contributed by atoms with E-state index in [9.17, 15) is 9.59 Å². The molecule has 8 heteroatoms. The molecule has 0 aliphatic rings. The summed E-state index contributed by atoms with van der Waals surface area (Å²) < 4.78 is 0. The Labute approximate surface area is 88.9 Å². The lowest BCUT2D eigenvalue weighted by Crippen LogP contribution is -2.07. The number of hydrogen-bond donors (Lipinski definition) is 4. The van der Waals surface area contributed by atoms with Crippen molar-refractivity contribution in [3.8, 4) is 0 Å². The molecule has 0 fully saturated rings. The van der Waals surface area contributed by atoms with E-state index >= 15 is 0 Å². The van der Waals surface area contributed by atoms with Gasteiger partial charge in [-0.15, -0.1) is 10.2 Å². The highest BCUT2D eigenvalue weighted by Crippen LogP contribution is 1.99. The standard InChI is InChI=1S/C4H3N3O4.C4H5N/c8-3(9)1-2(4(10)11)6-7-5-1;1-2-4-5-3-1/h(H,8,9)(H,10,11)(H,5,6,7);1-5H. The molecule has 0 aromatic carbocycles. The normalized spacial score (nSPS) is 9.00. The van der Waals surface area contributed by atoms with Crippen molar-refractivity contribution in [3.63, 3.8) is 0 Å². The summed E-state index contributed by atoms with van der Waals surface area (Å²) in [5.74, 6) is -2.84. The lowest BCUT2D eigenvalue weighted by atomic mass is 10.3. The van der Waals surface area contributed by atoms with E-state index in [1.165, 1.54) is 0 Å². The first kappa shape index (κ1) is 11.4. The molecule has 2 heterocycles. The van der Waals surface area contributed by atoms with Gasteiger partial charge < -0.3 is 15.2 Å². The Morgan fingerprint density at radius 1 is 1.00 bits per heavy atom. The van der Waals surface area contributed by atoms with Crippen LogP contribution in [0, 0.1) is 0 Å². The number of carboxylic acid groups (broad SMARTS) is 2. The molecule has 0 unspecified atom stereocenters. The van der Waals surface area contributed by atoms with E-state index in [2.05, 4.69) is 15.2 Å². The SMILES string of the molecule is O=C(O)c1n[nH]nc1C(=O)O.c1cc[nH]c1. The van der Waals surface area contributed by atoms with Crippen molar-refractivity contribution in [2.75, 3.05) is 0 Å². The van der Waals surface area contributed by atoms with Crippen molar-refractivity contribution in [2.24, 2.45) is 0 Å². The maximum Gasteiger partial charge on any atom is 0.359 e. The largest absolute Gasteiger partial charge is 0.476 e. The minimum Gasteiger partial charge on any atom is -0.476 e. The second-order valence-electron chi connectivity index (χ2n) is 2.52. The first-order chi connectivity index (χ1) is 7.63. The van der Waals surface area contributed by atoms with Gasteiger partial charge in [0, 0.05) is 12.4 Å². The lowest BCUT2D eigenvalue weighted by Gasteiger charge is -1.85. The molecule has 0 radical (unpaired) electrons. The van der Waals surface area contributed by atoms with Gasteiger partial charge in [0.25, 0.3) is 0 Å². The van der Waals surface area contributed by atoms with Crippen LogP contribution >= 0.6 is 0 Å². The van der Waals surface area contributed by atoms with Crippen LogP contribution in [0.2, 0.25) is 0 Å². The molecule has 2 rings (SSSR count). The molecule has 0 amide bonds. The van der Waals surface area contributed by atoms with Gasteiger partial charge in [0.2, 0.25) is 11.4 Å². The number of aromatic amines is 2. The first-order valence-corrected chi connectivity index (χ1v) is 4.08. The number of nitrogens with zero attached hydrogens (tertiary/aromatic N) is 2. The van der Waals surface area contributed by atoms with Crippen LogP contribution in [0.1, 0.15) is 21.0 Å². The maximum absolute atomic E-state index is 10.2. The predicted octanol–water partition coefficient (Wildman–Crippen LogP) is 0.216. The molecule has 2 aromatic rings. The Bertz CT molecular complexity index is 416. The molecule has 0 aliphatic carbocycles. The summed E-state index contributed by atoms with van der Waals surface area (Å²) in [5, 5.41) is 24.8. The number of nitrogens with one attached hydrogen (secondary N) is 2. The third kappa shape index (κ3) is 2.94. The summed E-state index contributed by atoms with van der Waals surface area (Å²) >= 11 is 0. The molecule has 8 nitrogen and oxygen atoms in total. The minimum absolute atomic E-state index is 0.586. The average Bonchev–Trinajstić information content (AvgIpc) is 2.92. The van der Waals surface area contributed by atoms with Gasteiger partial charge in [0.15, 0.2) is 0 Å². The van der Waals surface area contributed by atoms with Gasteiger partial charge in [0.05, 0.1) is 0 Å². The van der Waals surface area contributed by atoms with E-state index in [0.717, 1.165) is 0 Å². The fourth-order valence-corrected chi connectivity index (χ4v) is 0.807. The van der Waals surface area contributed by atoms with E-state index in [0.29, 0.717) is 0 Å². The summed E-state index contributed by atoms with van der Waals surface area (Å²) in [5.41, 5.74) is -1.17. The number of rotatable bonds is 2. The van der Waals surface area contributed by atoms with Crippen LogP contribution in [0.3, 0.4) is 0 Å². The molecule has 0 saturated heterocycles. The molecule has 0 spiro atoms. The second-order valence-corrected chi connectivity index (χ2v) is 2.52. The number of H-pyrrole nitrogens is 2. The zero-order chi connectivity index (χ0) is 12.0. The van der Waals surface area contributed by atoms with Gasteiger partial charge in [-0.2, -0.15) is 5.21 Å². The Morgan fingerprint density at radius 2 is 1.44 bits per heavy atom. The number of aromatic carboxylic acids is 2. The highest BCUT2D eigenvalue weighted by atomic mass is 16.4. The Morgan fingerprint density at radius 3 is 1.69 bits per heavy atom. The first-order valence-electron chi connectivity index (χ1n) is 4.08. The van der Waals surface area contributed by atoms with Crippen LogP contribution in [0.15, 0.2) is 24.5 Å². The summed E-state index contributed by atoms with van der Waals surface area (Å²) in [6.07, 6.45) is 3.75. The van der Waals surface area contributed by atoms with Crippen LogP contribution in [0.5, 0.6) is 0 Å². The zero-order valence-electron chi connectivity index (χ0n) is 7.91. The van der Waals surface area contributed by atoms with Gasteiger partial charge in [-0.25, -0.2) is 9.59 Å². The van der Waals surface area contributed by atoms with Gasteiger partial charge in [-0.1, -0.05) is 0 Å². The maximum atomic E-state index is 10.2. The summed E-state index contributed by atoms with van der Waals surface area (Å²) in [6.45, 7) is 0.